The number of nitrogens with zero attached hydrogens (tertiary/aromatic N) is 2. The van der Waals surface area contributed by atoms with Gasteiger partial charge in [0.2, 0.25) is 11.8 Å². The fourth-order valence-corrected chi connectivity index (χ4v) is 2.33. The van der Waals surface area contributed by atoms with Crippen LogP contribution in [0.5, 0.6) is 0 Å². The van der Waals surface area contributed by atoms with Crippen molar-refractivity contribution < 1.29 is 14.4 Å². The third kappa shape index (κ3) is 5.17. The molecule has 1 aromatic carbocycles. The molecular formula is C17H23N3O3. The summed E-state index contributed by atoms with van der Waals surface area (Å²) in [7, 11) is 0. The van der Waals surface area contributed by atoms with Crippen molar-refractivity contribution in [3.8, 4) is 0 Å². The quantitative estimate of drug-likeness (QED) is 0.778. The standard InChI is InChI=1S/C17H23N3O3/c1-3-13-7-9-14(10-8-13)15(11-21)19-16(22)5-4-6-17-18-12(2)20-23-17/h7-10,15,21H,3-6,11H2,1-2H3,(H,19,22). The number of aromatic nitrogens is 2. The van der Waals surface area contributed by atoms with Crippen molar-refractivity contribution >= 4 is 5.91 Å². The normalized spacial score (nSPS) is 12.1. The molecule has 1 unspecified atom stereocenters. The third-order valence-electron chi connectivity index (χ3n) is 3.67. The molecule has 0 radical (unpaired) electrons. The van der Waals surface area contributed by atoms with E-state index in [4.69, 9.17) is 4.52 Å². The number of carbonyl (C=O) groups is 1. The number of aryl methyl sites for hydroxylation is 3. The molecule has 1 heterocycles. The van der Waals surface area contributed by atoms with Gasteiger partial charge in [-0.25, -0.2) is 0 Å². The summed E-state index contributed by atoms with van der Waals surface area (Å²) in [5.41, 5.74) is 2.14. The Hall–Kier alpha value is -2.21. The molecule has 0 aliphatic rings. The molecule has 124 valence electrons. The number of nitrogens with one attached hydrogen (secondary N) is 1. The molecule has 6 heteroatoms. The molecule has 0 spiro atoms. The summed E-state index contributed by atoms with van der Waals surface area (Å²) in [4.78, 5) is 16.1. The van der Waals surface area contributed by atoms with Crippen molar-refractivity contribution in [3.63, 3.8) is 0 Å². The number of aliphatic hydroxyl groups is 1. The van der Waals surface area contributed by atoms with E-state index in [1.807, 2.05) is 24.3 Å². The lowest BCUT2D eigenvalue weighted by atomic mass is 10.0. The Kier molecular flexibility index (Phi) is 6.29. The fraction of sp³-hybridized carbons (Fsp3) is 0.471. The number of benzene rings is 1. The summed E-state index contributed by atoms with van der Waals surface area (Å²) in [5, 5.41) is 16.1. The lowest BCUT2D eigenvalue weighted by Gasteiger charge is -2.17. The molecular weight excluding hydrogens is 294 g/mol. The van der Waals surface area contributed by atoms with Crippen LogP contribution < -0.4 is 5.32 Å². The SMILES string of the molecule is CCc1ccc(C(CO)NC(=O)CCCc2nc(C)no2)cc1. The van der Waals surface area contributed by atoms with Crippen molar-refractivity contribution in [1.29, 1.82) is 0 Å². The summed E-state index contributed by atoms with van der Waals surface area (Å²) in [6.07, 6.45) is 2.51. The zero-order valence-electron chi connectivity index (χ0n) is 13.6. The summed E-state index contributed by atoms with van der Waals surface area (Å²) in [6.45, 7) is 3.72. The molecule has 2 N–H and O–H groups in total. The first-order valence-corrected chi connectivity index (χ1v) is 7.90. The second kappa shape index (κ2) is 8.43. The number of rotatable bonds is 8. The van der Waals surface area contributed by atoms with Crippen molar-refractivity contribution in [2.45, 2.75) is 45.6 Å². The Bertz CT molecular complexity index is 622. The van der Waals surface area contributed by atoms with E-state index in [1.165, 1.54) is 5.56 Å². The van der Waals surface area contributed by atoms with Gasteiger partial charge in [-0.05, 0) is 30.9 Å². The minimum absolute atomic E-state index is 0.0974. The Balaban J connectivity index is 1.81. The molecule has 0 saturated carbocycles. The smallest absolute Gasteiger partial charge is 0.226 e. The Morgan fingerprint density at radius 1 is 1.35 bits per heavy atom. The third-order valence-corrected chi connectivity index (χ3v) is 3.67. The Morgan fingerprint density at radius 2 is 2.09 bits per heavy atom. The van der Waals surface area contributed by atoms with Gasteiger partial charge in [0, 0.05) is 12.8 Å². The monoisotopic (exact) mass is 317 g/mol. The van der Waals surface area contributed by atoms with E-state index in [-0.39, 0.29) is 18.6 Å². The molecule has 6 nitrogen and oxygen atoms in total. The molecule has 2 rings (SSSR count). The zero-order chi connectivity index (χ0) is 16.7. The van der Waals surface area contributed by atoms with E-state index < -0.39 is 0 Å². The summed E-state index contributed by atoms with van der Waals surface area (Å²) < 4.78 is 5.01. The van der Waals surface area contributed by atoms with E-state index in [9.17, 15) is 9.90 Å². The van der Waals surface area contributed by atoms with Crippen molar-refractivity contribution in [2.24, 2.45) is 0 Å². The van der Waals surface area contributed by atoms with Gasteiger partial charge in [0.25, 0.3) is 0 Å². The number of aliphatic hydroxyl groups excluding tert-OH is 1. The van der Waals surface area contributed by atoms with Crippen LogP contribution in [-0.4, -0.2) is 27.8 Å². The van der Waals surface area contributed by atoms with Crippen molar-refractivity contribution in [1.82, 2.24) is 15.5 Å². The van der Waals surface area contributed by atoms with Crippen molar-refractivity contribution in [3.05, 3.63) is 47.1 Å². The average Bonchev–Trinajstić information content (AvgIpc) is 2.98. The first-order valence-electron chi connectivity index (χ1n) is 7.90. The van der Waals surface area contributed by atoms with E-state index in [0.717, 1.165) is 12.0 Å². The van der Waals surface area contributed by atoms with Crippen LogP contribution in [0.2, 0.25) is 0 Å². The molecule has 0 aliphatic heterocycles. The zero-order valence-corrected chi connectivity index (χ0v) is 13.6. The van der Waals surface area contributed by atoms with Crippen LogP contribution in [0.1, 0.15) is 48.6 Å². The Morgan fingerprint density at radius 3 is 2.65 bits per heavy atom. The van der Waals surface area contributed by atoms with Gasteiger partial charge in [0.1, 0.15) is 0 Å². The van der Waals surface area contributed by atoms with Gasteiger partial charge in [0.05, 0.1) is 12.6 Å². The van der Waals surface area contributed by atoms with E-state index in [2.05, 4.69) is 22.4 Å². The molecule has 23 heavy (non-hydrogen) atoms. The van der Waals surface area contributed by atoms with E-state index >= 15 is 0 Å². The first-order chi connectivity index (χ1) is 11.1. The van der Waals surface area contributed by atoms with Crippen LogP contribution in [0, 0.1) is 6.92 Å². The highest BCUT2D eigenvalue weighted by Gasteiger charge is 2.14. The van der Waals surface area contributed by atoms with Crippen LogP contribution >= 0.6 is 0 Å². The number of carbonyl (C=O) groups excluding carboxylic acids is 1. The number of hydrogen-bond donors (Lipinski definition) is 2. The van der Waals surface area contributed by atoms with Gasteiger partial charge in [-0.1, -0.05) is 36.3 Å². The molecule has 0 aliphatic carbocycles. The molecule has 1 aromatic heterocycles. The maximum Gasteiger partial charge on any atom is 0.226 e. The minimum Gasteiger partial charge on any atom is -0.394 e. The molecule has 0 bridgehead atoms. The van der Waals surface area contributed by atoms with Crippen LogP contribution in [-0.2, 0) is 17.6 Å². The van der Waals surface area contributed by atoms with Crippen molar-refractivity contribution in [2.75, 3.05) is 6.61 Å². The number of hydrogen-bond acceptors (Lipinski definition) is 5. The van der Waals surface area contributed by atoms with Crippen LogP contribution in [0.25, 0.3) is 0 Å². The summed E-state index contributed by atoms with van der Waals surface area (Å²) in [6, 6.07) is 7.55. The predicted molar refractivity (Wildman–Crippen MR) is 85.8 cm³/mol. The maximum atomic E-state index is 12.0. The topological polar surface area (TPSA) is 88.2 Å². The van der Waals surface area contributed by atoms with Crippen LogP contribution in [0.15, 0.2) is 28.8 Å². The second-order valence-corrected chi connectivity index (χ2v) is 5.49. The highest BCUT2D eigenvalue weighted by molar-refractivity contribution is 5.76. The second-order valence-electron chi connectivity index (χ2n) is 5.49. The highest BCUT2D eigenvalue weighted by atomic mass is 16.5. The van der Waals surface area contributed by atoms with Crippen LogP contribution in [0.3, 0.4) is 0 Å². The van der Waals surface area contributed by atoms with Gasteiger partial charge in [-0.2, -0.15) is 4.98 Å². The van der Waals surface area contributed by atoms with Crippen LogP contribution in [0.4, 0.5) is 0 Å². The molecule has 2 aromatic rings. The largest absolute Gasteiger partial charge is 0.394 e. The Labute approximate surface area is 135 Å². The van der Waals surface area contributed by atoms with Gasteiger partial charge >= 0.3 is 0 Å². The maximum absolute atomic E-state index is 12.0. The molecule has 1 amide bonds. The highest BCUT2D eigenvalue weighted by Crippen LogP contribution is 2.14. The minimum atomic E-state index is -0.376. The van der Waals surface area contributed by atoms with Gasteiger partial charge in [-0.3, -0.25) is 4.79 Å². The molecule has 1 atom stereocenters. The van der Waals surface area contributed by atoms with Gasteiger partial charge in [-0.15, -0.1) is 0 Å². The first kappa shape index (κ1) is 17.1. The molecule has 0 fully saturated rings. The predicted octanol–water partition coefficient (Wildman–Crippen LogP) is 2.11. The van der Waals surface area contributed by atoms with Gasteiger partial charge < -0.3 is 14.9 Å². The summed E-state index contributed by atoms with van der Waals surface area (Å²) >= 11 is 0. The molecule has 0 saturated heterocycles. The van der Waals surface area contributed by atoms with E-state index in [0.29, 0.717) is 31.0 Å². The lowest BCUT2D eigenvalue weighted by molar-refractivity contribution is -0.122. The average molecular weight is 317 g/mol. The lowest BCUT2D eigenvalue weighted by Crippen LogP contribution is -2.30. The van der Waals surface area contributed by atoms with Gasteiger partial charge in [0.15, 0.2) is 5.82 Å². The fourth-order valence-electron chi connectivity index (χ4n) is 2.33. The van der Waals surface area contributed by atoms with E-state index in [1.54, 1.807) is 6.92 Å². The number of amides is 1. The summed E-state index contributed by atoms with van der Waals surface area (Å²) in [5.74, 6) is 1.05.